The van der Waals surface area contributed by atoms with Crippen LogP contribution in [-0.4, -0.2) is 42.5 Å². The van der Waals surface area contributed by atoms with Crippen LogP contribution in [-0.2, 0) is 11.3 Å². The van der Waals surface area contributed by atoms with Crippen LogP contribution in [0.3, 0.4) is 0 Å². The van der Waals surface area contributed by atoms with Gasteiger partial charge in [-0.2, -0.15) is 5.10 Å². The summed E-state index contributed by atoms with van der Waals surface area (Å²) in [6.07, 6.45) is 1.48. The molecule has 0 bridgehead atoms. The van der Waals surface area contributed by atoms with Crippen molar-refractivity contribution in [3.63, 3.8) is 0 Å². The molecule has 0 radical (unpaired) electrons. The molecule has 0 atom stereocenters. The molecule has 162 valence electrons. The van der Waals surface area contributed by atoms with Gasteiger partial charge in [-0.3, -0.25) is 4.79 Å². The van der Waals surface area contributed by atoms with E-state index >= 15 is 0 Å². The third-order valence-corrected chi connectivity index (χ3v) is 4.81. The summed E-state index contributed by atoms with van der Waals surface area (Å²) in [6, 6.07) is 12.4. The molecule has 0 fully saturated rings. The van der Waals surface area contributed by atoms with Crippen molar-refractivity contribution in [1.29, 1.82) is 0 Å². The van der Waals surface area contributed by atoms with Gasteiger partial charge in [0.1, 0.15) is 17.1 Å². The van der Waals surface area contributed by atoms with Crippen molar-refractivity contribution >= 4 is 11.9 Å². The van der Waals surface area contributed by atoms with Gasteiger partial charge >= 0.3 is 5.97 Å². The maximum Gasteiger partial charge on any atom is 0.341 e. The number of amides is 1. The smallest absolute Gasteiger partial charge is 0.341 e. The van der Waals surface area contributed by atoms with E-state index in [9.17, 15) is 9.59 Å². The van der Waals surface area contributed by atoms with Gasteiger partial charge in [-0.1, -0.05) is 0 Å². The molecule has 3 aromatic rings. The normalized spacial score (nSPS) is 10.5. The molecule has 1 N–H and O–H groups in total. The Morgan fingerprint density at radius 1 is 1.06 bits per heavy atom. The van der Waals surface area contributed by atoms with Gasteiger partial charge in [0.05, 0.1) is 38.4 Å². The minimum atomic E-state index is -0.407. The quantitative estimate of drug-likeness (QED) is 0.559. The summed E-state index contributed by atoms with van der Waals surface area (Å²) in [5.74, 6) is 0.727. The van der Waals surface area contributed by atoms with Crippen molar-refractivity contribution in [3.8, 4) is 17.2 Å². The number of rotatable bonds is 8. The number of methoxy groups -OCH3 is 2. The number of nitrogens with zero attached hydrogens (tertiary/aromatic N) is 2. The Balaban J connectivity index is 1.71. The highest BCUT2D eigenvalue weighted by Crippen LogP contribution is 2.24. The first-order chi connectivity index (χ1) is 15.0. The second-order valence-corrected chi connectivity index (χ2v) is 6.68. The highest BCUT2D eigenvalue weighted by molar-refractivity contribution is 5.94. The average molecular weight is 423 g/mol. The van der Waals surface area contributed by atoms with E-state index in [1.165, 1.54) is 6.20 Å². The van der Waals surface area contributed by atoms with Gasteiger partial charge < -0.3 is 19.5 Å². The Morgan fingerprint density at radius 3 is 2.45 bits per heavy atom. The third kappa shape index (κ3) is 4.85. The van der Waals surface area contributed by atoms with Crippen molar-refractivity contribution in [2.45, 2.75) is 20.4 Å². The van der Waals surface area contributed by atoms with Crippen LogP contribution in [0.15, 0.2) is 48.7 Å². The lowest BCUT2D eigenvalue weighted by Crippen LogP contribution is -2.23. The molecule has 3 rings (SSSR count). The maximum atomic E-state index is 12.6. The average Bonchev–Trinajstić information content (AvgIpc) is 3.18. The minimum absolute atomic E-state index is 0.221. The van der Waals surface area contributed by atoms with Crippen LogP contribution in [0.1, 0.15) is 38.9 Å². The fourth-order valence-electron chi connectivity index (χ4n) is 3.13. The van der Waals surface area contributed by atoms with Crippen molar-refractivity contribution < 1.29 is 23.8 Å². The second kappa shape index (κ2) is 9.80. The molecular weight excluding hydrogens is 398 g/mol. The fraction of sp³-hybridized carbons (Fsp3) is 0.261. The monoisotopic (exact) mass is 423 g/mol. The van der Waals surface area contributed by atoms with Crippen molar-refractivity contribution in [3.05, 3.63) is 71.0 Å². The third-order valence-electron chi connectivity index (χ3n) is 4.81. The Hall–Kier alpha value is -3.81. The van der Waals surface area contributed by atoms with Crippen LogP contribution in [0.25, 0.3) is 5.69 Å². The van der Waals surface area contributed by atoms with Gasteiger partial charge in [-0.25, -0.2) is 9.48 Å². The molecule has 1 heterocycles. The first-order valence-corrected chi connectivity index (χ1v) is 9.79. The van der Waals surface area contributed by atoms with Gasteiger partial charge in [0.25, 0.3) is 5.91 Å². The van der Waals surface area contributed by atoms with Gasteiger partial charge in [0.15, 0.2) is 0 Å². The van der Waals surface area contributed by atoms with Gasteiger partial charge in [-0.05, 0) is 56.3 Å². The summed E-state index contributed by atoms with van der Waals surface area (Å²) in [5.41, 5.74) is 3.13. The molecular formula is C23H25N3O5. The number of nitrogens with one attached hydrogen (secondary N) is 1. The molecule has 0 aliphatic heterocycles. The number of hydrogen-bond acceptors (Lipinski definition) is 6. The maximum absolute atomic E-state index is 12.6. The Kier molecular flexibility index (Phi) is 6.92. The Morgan fingerprint density at radius 2 is 1.81 bits per heavy atom. The zero-order chi connectivity index (χ0) is 22.4. The van der Waals surface area contributed by atoms with E-state index < -0.39 is 5.97 Å². The lowest BCUT2D eigenvalue weighted by atomic mass is 10.1. The van der Waals surface area contributed by atoms with Crippen LogP contribution >= 0.6 is 0 Å². The van der Waals surface area contributed by atoms with Crippen molar-refractivity contribution in [2.24, 2.45) is 0 Å². The van der Waals surface area contributed by atoms with Crippen molar-refractivity contribution in [2.75, 3.05) is 20.8 Å². The van der Waals surface area contributed by atoms with Crippen LogP contribution in [0, 0.1) is 6.92 Å². The largest absolute Gasteiger partial charge is 0.497 e. The van der Waals surface area contributed by atoms with Gasteiger partial charge in [0.2, 0.25) is 0 Å². The highest BCUT2D eigenvalue weighted by Gasteiger charge is 2.16. The van der Waals surface area contributed by atoms with E-state index in [4.69, 9.17) is 14.2 Å². The van der Waals surface area contributed by atoms with E-state index in [0.717, 1.165) is 11.3 Å². The first kappa shape index (κ1) is 21.9. The topological polar surface area (TPSA) is 91.7 Å². The number of esters is 1. The Bertz CT molecular complexity index is 1070. The van der Waals surface area contributed by atoms with Crippen molar-refractivity contribution in [1.82, 2.24) is 15.1 Å². The van der Waals surface area contributed by atoms with E-state index in [2.05, 4.69) is 10.4 Å². The van der Waals surface area contributed by atoms with E-state index in [1.54, 1.807) is 69.1 Å². The number of carbonyl (C=O) groups is 2. The molecule has 8 heteroatoms. The number of carbonyl (C=O) groups excluding carboxylic acids is 2. The summed E-state index contributed by atoms with van der Waals surface area (Å²) in [5, 5.41) is 7.15. The zero-order valence-corrected chi connectivity index (χ0v) is 18.0. The highest BCUT2D eigenvalue weighted by atomic mass is 16.5. The van der Waals surface area contributed by atoms with Crippen LogP contribution in [0.2, 0.25) is 0 Å². The standard InChI is InChI=1S/C23H25N3O5/c1-5-31-23(28)20-14-25-26(15(20)2)18-8-6-16(7-9-18)22(27)24-13-17-12-19(29-3)10-11-21(17)30-4/h6-12,14H,5,13H2,1-4H3,(H,24,27). The molecule has 0 saturated heterocycles. The first-order valence-electron chi connectivity index (χ1n) is 9.79. The molecule has 0 unspecified atom stereocenters. The van der Waals surface area contributed by atoms with Crippen LogP contribution in [0.4, 0.5) is 0 Å². The van der Waals surface area contributed by atoms with E-state index in [-0.39, 0.29) is 5.91 Å². The fourth-order valence-corrected chi connectivity index (χ4v) is 3.13. The number of hydrogen-bond donors (Lipinski definition) is 1. The molecule has 0 aliphatic carbocycles. The predicted octanol–water partition coefficient (Wildman–Crippen LogP) is 3.30. The summed E-state index contributed by atoms with van der Waals surface area (Å²) < 4.78 is 17.3. The number of benzene rings is 2. The zero-order valence-electron chi connectivity index (χ0n) is 18.0. The molecule has 31 heavy (non-hydrogen) atoms. The van der Waals surface area contributed by atoms with Crippen LogP contribution in [0.5, 0.6) is 11.5 Å². The summed E-state index contributed by atoms with van der Waals surface area (Å²) in [4.78, 5) is 24.6. The predicted molar refractivity (Wildman–Crippen MR) is 115 cm³/mol. The second-order valence-electron chi connectivity index (χ2n) is 6.68. The summed E-state index contributed by atoms with van der Waals surface area (Å²) in [7, 11) is 3.17. The SMILES string of the molecule is CCOC(=O)c1cnn(-c2ccc(C(=O)NCc3cc(OC)ccc3OC)cc2)c1C. The molecule has 0 saturated carbocycles. The lowest BCUT2D eigenvalue weighted by Gasteiger charge is -2.12. The molecule has 1 aromatic heterocycles. The molecule has 0 aliphatic rings. The summed E-state index contributed by atoms with van der Waals surface area (Å²) in [6.45, 7) is 4.14. The van der Waals surface area contributed by atoms with Gasteiger partial charge in [0, 0.05) is 17.7 Å². The number of aromatic nitrogens is 2. The molecule has 2 aromatic carbocycles. The minimum Gasteiger partial charge on any atom is -0.497 e. The van der Waals surface area contributed by atoms with E-state index in [0.29, 0.717) is 41.5 Å². The lowest BCUT2D eigenvalue weighted by molar-refractivity contribution is 0.0525. The summed E-state index contributed by atoms with van der Waals surface area (Å²) >= 11 is 0. The molecule has 0 spiro atoms. The van der Waals surface area contributed by atoms with E-state index in [1.807, 2.05) is 6.07 Å². The molecule has 1 amide bonds. The Labute approximate surface area is 180 Å². The molecule has 8 nitrogen and oxygen atoms in total. The van der Waals surface area contributed by atoms with Crippen LogP contribution < -0.4 is 14.8 Å². The van der Waals surface area contributed by atoms with Gasteiger partial charge in [-0.15, -0.1) is 0 Å². The number of ether oxygens (including phenoxy) is 3.